The molecule has 1 aromatic carbocycles. The quantitative estimate of drug-likeness (QED) is 0.634. The predicted octanol–water partition coefficient (Wildman–Crippen LogP) is 2.42. The average Bonchev–Trinajstić information content (AvgIpc) is 2.26. The molecule has 0 bridgehead atoms. The maximum atomic E-state index is 12.1. The number of benzene rings is 1. The van der Waals surface area contributed by atoms with Gasteiger partial charge in [0.05, 0.1) is 0 Å². The fourth-order valence-electron chi connectivity index (χ4n) is 1.40. The summed E-state index contributed by atoms with van der Waals surface area (Å²) in [6.07, 6.45) is 1.26. The van der Waals surface area contributed by atoms with Gasteiger partial charge in [-0.2, -0.15) is 0 Å². The number of halogens is 1. The summed E-state index contributed by atoms with van der Waals surface area (Å²) in [5.41, 5.74) is 0.395. The monoisotopic (exact) mass is 304 g/mol. The Morgan fingerprint density at radius 2 is 1.81 bits per heavy atom. The van der Waals surface area contributed by atoms with Crippen molar-refractivity contribution in [3.05, 3.63) is 35.9 Å². The Labute approximate surface area is 104 Å². The van der Waals surface area contributed by atoms with Crippen molar-refractivity contribution in [2.24, 2.45) is 0 Å². The Hall–Kier alpha value is -0.680. The summed E-state index contributed by atoms with van der Waals surface area (Å²) < 4.78 is 21.8. The van der Waals surface area contributed by atoms with Gasteiger partial charge in [0.2, 0.25) is 0 Å². The molecule has 3 nitrogen and oxygen atoms in total. The lowest BCUT2D eigenvalue weighted by Crippen LogP contribution is -2.39. The highest BCUT2D eigenvalue weighted by Crippen LogP contribution is 2.32. The van der Waals surface area contributed by atoms with Crippen molar-refractivity contribution in [2.45, 2.75) is 17.0 Å². The second-order valence-electron chi connectivity index (χ2n) is 3.55. The molecular formula is C11H13BrO3S. The standard InChI is InChI=1S/C11H13BrO3S/c1-3-11(12,16(2,14)15)10(13)9-7-5-4-6-8-9/h4-8H,3H2,1-2H3. The van der Waals surface area contributed by atoms with E-state index in [9.17, 15) is 13.2 Å². The lowest BCUT2D eigenvalue weighted by molar-refractivity contribution is 0.0976. The molecule has 0 aromatic heterocycles. The SMILES string of the molecule is CCC(Br)(C(=O)c1ccccc1)S(C)(=O)=O. The van der Waals surface area contributed by atoms with Crippen LogP contribution in [0.25, 0.3) is 0 Å². The first kappa shape index (κ1) is 13.4. The van der Waals surface area contributed by atoms with E-state index in [1.807, 2.05) is 0 Å². The van der Waals surface area contributed by atoms with Crippen LogP contribution >= 0.6 is 15.9 Å². The summed E-state index contributed by atoms with van der Waals surface area (Å²) in [6, 6.07) is 8.41. The third-order valence-corrected chi connectivity index (χ3v) is 6.75. The molecular weight excluding hydrogens is 292 g/mol. The largest absolute Gasteiger partial charge is 0.291 e. The van der Waals surface area contributed by atoms with Crippen molar-refractivity contribution in [3.63, 3.8) is 0 Å². The second kappa shape index (κ2) is 4.67. The van der Waals surface area contributed by atoms with E-state index < -0.39 is 19.3 Å². The number of rotatable bonds is 4. The summed E-state index contributed by atoms with van der Waals surface area (Å²) in [5, 5.41) is 0. The van der Waals surface area contributed by atoms with Crippen molar-refractivity contribution < 1.29 is 13.2 Å². The number of alkyl halides is 1. The molecule has 1 rings (SSSR count). The van der Waals surface area contributed by atoms with Gasteiger partial charge in [0.25, 0.3) is 0 Å². The van der Waals surface area contributed by atoms with Crippen LogP contribution in [0.3, 0.4) is 0 Å². The van der Waals surface area contributed by atoms with Crippen molar-refractivity contribution >= 4 is 31.6 Å². The average molecular weight is 305 g/mol. The highest BCUT2D eigenvalue weighted by Gasteiger charge is 2.44. The smallest absolute Gasteiger partial charge is 0.194 e. The van der Waals surface area contributed by atoms with E-state index in [4.69, 9.17) is 0 Å². The summed E-state index contributed by atoms with van der Waals surface area (Å²) in [5.74, 6) is -0.418. The molecule has 1 unspecified atom stereocenters. The fourth-order valence-corrected chi connectivity index (χ4v) is 2.60. The zero-order valence-electron chi connectivity index (χ0n) is 9.10. The third-order valence-electron chi connectivity index (χ3n) is 2.42. The Balaban J connectivity index is 3.24. The van der Waals surface area contributed by atoms with Crippen LogP contribution in [0.4, 0.5) is 0 Å². The van der Waals surface area contributed by atoms with E-state index in [1.54, 1.807) is 37.3 Å². The number of hydrogen-bond acceptors (Lipinski definition) is 3. The lowest BCUT2D eigenvalue weighted by Gasteiger charge is -2.22. The minimum absolute atomic E-state index is 0.194. The molecule has 0 aliphatic heterocycles. The highest BCUT2D eigenvalue weighted by molar-refractivity contribution is 9.12. The van der Waals surface area contributed by atoms with Crippen LogP contribution in [0.15, 0.2) is 30.3 Å². The summed E-state index contributed by atoms with van der Waals surface area (Å²) >= 11 is 3.07. The predicted molar refractivity (Wildman–Crippen MR) is 67.6 cm³/mol. The van der Waals surface area contributed by atoms with E-state index in [0.717, 1.165) is 6.26 Å². The maximum Gasteiger partial charge on any atom is 0.194 e. The Bertz CT molecular complexity index is 481. The molecule has 0 spiro atoms. The molecule has 0 saturated carbocycles. The van der Waals surface area contributed by atoms with Crippen LogP contribution in [0.1, 0.15) is 23.7 Å². The highest BCUT2D eigenvalue weighted by atomic mass is 79.9. The molecule has 0 fully saturated rings. The Kier molecular flexibility index (Phi) is 3.91. The van der Waals surface area contributed by atoms with Gasteiger partial charge in [-0.05, 0) is 6.42 Å². The van der Waals surface area contributed by atoms with Gasteiger partial charge >= 0.3 is 0 Å². The molecule has 0 aliphatic carbocycles. The van der Waals surface area contributed by atoms with E-state index in [-0.39, 0.29) is 6.42 Å². The minimum atomic E-state index is -3.49. The number of carbonyl (C=O) groups is 1. The molecule has 0 heterocycles. The van der Waals surface area contributed by atoms with Crippen LogP contribution in [0.2, 0.25) is 0 Å². The number of sulfone groups is 1. The molecule has 1 aromatic rings. The molecule has 0 radical (unpaired) electrons. The van der Waals surface area contributed by atoms with Crippen molar-refractivity contribution in [1.29, 1.82) is 0 Å². The van der Waals surface area contributed by atoms with E-state index >= 15 is 0 Å². The van der Waals surface area contributed by atoms with Crippen molar-refractivity contribution in [2.75, 3.05) is 6.26 Å². The van der Waals surface area contributed by atoms with Gasteiger partial charge in [0, 0.05) is 11.8 Å². The molecule has 0 saturated heterocycles. The topological polar surface area (TPSA) is 51.2 Å². The van der Waals surface area contributed by atoms with Crippen LogP contribution < -0.4 is 0 Å². The van der Waals surface area contributed by atoms with Crippen molar-refractivity contribution in [3.8, 4) is 0 Å². The van der Waals surface area contributed by atoms with Gasteiger partial charge in [0.15, 0.2) is 19.3 Å². The first-order valence-electron chi connectivity index (χ1n) is 4.81. The number of carbonyl (C=O) groups excluding carboxylic acids is 1. The van der Waals surface area contributed by atoms with Gasteiger partial charge in [-0.1, -0.05) is 53.2 Å². The molecule has 88 valence electrons. The molecule has 1 atom stereocenters. The molecule has 0 amide bonds. The fraction of sp³-hybridized carbons (Fsp3) is 0.364. The zero-order valence-corrected chi connectivity index (χ0v) is 11.5. The van der Waals surface area contributed by atoms with Crippen LogP contribution in [0, 0.1) is 0 Å². The summed E-state index contributed by atoms with van der Waals surface area (Å²) in [4.78, 5) is 12.1. The van der Waals surface area contributed by atoms with Gasteiger partial charge in [-0.3, -0.25) is 4.79 Å². The van der Waals surface area contributed by atoms with Crippen molar-refractivity contribution in [1.82, 2.24) is 0 Å². The number of hydrogen-bond donors (Lipinski definition) is 0. The van der Waals surface area contributed by atoms with Gasteiger partial charge in [-0.25, -0.2) is 8.42 Å². The third kappa shape index (κ3) is 2.35. The summed E-state index contributed by atoms with van der Waals surface area (Å²) in [7, 11) is -3.49. The van der Waals surface area contributed by atoms with Crippen LogP contribution in [-0.2, 0) is 9.84 Å². The van der Waals surface area contributed by atoms with E-state index in [2.05, 4.69) is 15.9 Å². The van der Waals surface area contributed by atoms with Gasteiger partial charge in [-0.15, -0.1) is 0 Å². The molecule has 0 N–H and O–H groups in total. The van der Waals surface area contributed by atoms with E-state index in [1.165, 1.54) is 0 Å². The maximum absolute atomic E-state index is 12.1. The molecule has 0 aliphatic rings. The van der Waals surface area contributed by atoms with Gasteiger partial charge < -0.3 is 0 Å². The van der Waals surface area contributed by atoms with Crippen LogP contribution in [0.5, 0.6) is 0 Å². The van der Waals surface area contributed by atoms with E-state index in [0.29, 0.717) is 5.56 Å². The second-order valence-corrected chi connectivity index (χ2v) is 7.67. The number of Topliss-reactive ketones (excluding diaryl/α,β-unsaturated/α-hetero) is 1. The minimum Gasteiger partial charge on any atom is -0.291 e. The number of ketones is 1. The lowest BCUT2D eigenvalue weighted by atomic mass is 10.1. The molecule has 5 heteroatoms. The Morgan fingerprint density at radius 3 is 2.19 bits per heavy atom. The van der Waals surface area contributed by atoms with Gasteiger partial charge in [0.1, 0.15) is 0 Å². The normalized spacial score (nSPS) is 15.4. The molecule has 16 heavy (non-hydrogen) atoms. The Morgan fingerprint density at radius 1 is 1.31 bits per heavy atom. The summed E-state index contributed by atoms with van der Waals surface area (Å²) in [6.45, 7) is 1.66. The first-order valence-corrected chi connectivity index (χ1v) is 7.49. The first-order chi connectivity index (χ1) is 7.33. The zero-order chi connectivity index (χ0) is 12.4. The van der Waals surface area contributed by atoms with Crippen LogP contribution in [-0.4, -0.2) is 24.1 Å².